The molecule has 3 rings (SSSR count). The Bertz CT molecular complexity index is 696. The van der Waals surface area contributed by atoms with Crippen LogP contribution in [-0.2, 0) is 0 Å². The van der Waals surface area contributed by atoms with Crippen LogP contribution in [0.15, 0.2) is 53.0 Å². The van der Waals surface area contributed by atoms with Gasteiger partial charge in [0.1, 0.15) is 0 Å². The number of anilines is 3. The van der Waals surface area contributed by atoms with Crippen LogP contribution in [0.2, 0.25) is 0 Å². The lowest BCUT2D eigenvalue weighted by atomic mass is 10.2. The van der Waals surface area contributed by atoms with Crippen LogP contribution in [0.5, 0.6) is 0 Å². The van der Waals surface area contributed by atoms with E-state index < -0.39 is 0 Å². The normalized spacial score (nSPS) is 15.2. The molecule has 126 valence electrons. The minimum atomic E-state index is 0.587. The van der Waals surface area contributed by atoms with Crippen LogP contribution in [-0.4, -0.2) is 38.3 Å². The first-order valence-electron chi connectivity index (χ1n) is 8.10. The van der Waals surface area contributed by atoms with Crippen molar-refractivity contribution in [2.45, 2.75) is 0 Å². The standard InChI is InChI=1S/C18H21BrN4S/c1-22-9-11-23(12-10-22)17-7-5-15(6-8-17)20-18(24)21-16-4-2-3-14(19)13-16/h2-8,13H,9-12H2,1H3,(H2,20,21,24)/p+1. The van der Waals surface area contributed by atoms with Crippen molar-refractivity contribution >= 4 is 50.3 Å². The lowest BCUT2D eigenvalue weighted by Crippen LogP contribution is -3.12. The number of benzene rings is 2. The summed E-state index contributed by atoms with van der Waals surface area (Å²) in [5.74, 6) is 0. The SMILES string of the molecule is C[NH+]1CCN(c2ccc(NC(=S)Nc3cccc(Br)c3)cc2)CC1. The Morgan fingerprint density at radius 2 is 1.71 bits per heavy atom. The molecular weight excluding hydrogens is 384 g/mol. The van der Waals surface area contributed by atoms with Gasteiger partial charge in [-0.1, -0.05) is 22.0 Å². The molecule has 4 nitrogen and oxygen atoms in total. The summed E-state index contributed by atoms with van der Waals surface area (Å²) in [4.78, 5) is 4.04. The Hall–Kier alpha value is -1.63. The third-order valence-corrected chi connectivity index (χ3v) is 4.89. The van der Waals surface area contributed by atoms with Crippen LogP contribution in [0, 0.1) is 0 Å². The quantitative estimate of drug-likeness (QED) is 0.685. The summed E-state index contributed by atoms with van der Waals surface area (Å²) < 4.78 is 1.02. The highest BCUT2D eigenvalue weighted by molar-refractivity contribution is 9.10. The van der Waals surface area contributed by atoms with Crippen molar-refractivity contribution in [2.75, 3.05) is 48.8 Å². The number of hydrogen-bond acceptors (Lipinski definition) is 2. The molecule has 6 heteroatoms. The molecule has 0 unspecified atom stereocenters. The Kier molecular flexibility index (Phi) is 5.71. The number of piperazine rings is 1. The molecule has 2 aromatic carbocycles. The second-order valence-corrected chi connectivity index (χ2v) is 7.40. The minimum absolute atomic E-state index is 0.587. The van der Waals surface area contributed by atoms with Crippen LogP contribution in [0.3, 0.4) is 0 Å². The second kappa shape index (κ2) is 7.96. The molecule has 1 fully saturated rings. The molecule has 0 bridgehead atoms. The molecule has 0 radical (unpaired) electrons. The van der Waals surface area contributed by atoms with E-state index in [-0.39, 0.29) is 0 Å². The van der Waals surface area contributed by atoms with Gasteiger partial charge in [-0.25, -0.2) is 0 Å². The minimum Gasteiger partial charge on any atom is -0.360 e. The van der Waals surface area contributed by atoms with E-state index in [0.717, 1.165) is 28.9 Å². The molecule has 3 N–H and O–H groups in total. The number of hydrogen-bond donors (Lipinski definition) is 3. The predicted octanol–water partition coefficient (Wildman–Crippen LogP) is 2.59. The van der Waals surface area contributed by atoms with E-state index in [1.807, 2.05) is 24.3 Å². The van der Waals surface area contributed by atoms with Gasteiger partial charge in [-0.05, 0) is 54.7 Å². The number of likely N-dealkylation sites (N-methyl/N-ethyl adjacent to an activating group) is 1. The third kappa shape index (κ3) is 4.69. The monoisotopic (exact) mass is 405 g/mol. The molecule has 0 saturated carbocycles. The zero-order chi connectivity index (χ0) is 16.9. The molecule has 24 heavy (non-hydrogen) atoms. The first kappa shape index (κ1) is 17.2. The Labute approximate surface area is 157 Å². The Balaban J connectivity index is 1.56. The number of quaternary nitrogens is 1. The molecule has 2 aromatic rings. The van der Waals surface area contributed by atoms with Gasteiger partial charge in [-0.3, -0.25) is 0 Å². The third-order valence-electron chi connectivity index (χ3n) is 4.19. The van der Waals surface area contributed by atoms with Gasteiger partial charge in [0.15, 0.2) is 5.11 Å². The highest BCUT2D eigenvalue weighted by Crippen LogP contribution is 2.19. The number of halogens is 1. The molecule has 0 amide bonds. The first-order chi connectivity index (χ1) is 11.6. The summed E-state index contributed by atoms with van der Waals surface area (Å²) in [6.45, 7) is 4.62. The van der Waals surface area contributed by atoms with Crippen molar-refractivity contribution in [3.63, 3.8) is 0 Å². The topological polar surface area (TPSA) is 31.7 Å². The van der Waals surface area contributed by atoms with E-state index in [1.54, 1.807) is 4.90 Å². The van der Waals surface area contributed by atoms with Crippen LogP contribution >= 0.6 is 28.1 Å². The summed E-state index contributed by atoms with van der Waals surface area (Å²) >= 11 is 8.84. The molecule has 0 aliphatic carbocycles. The summed E-state index contributed by atoms with van der Waals surface area (Å²) in [5.41, 5.74) is 3.23. The van der Waals surface area contributed by atoms with Gasteiger partial charge < -0.3 is 20.4 Å². The maximum atomic E-state index is 5.38. The summed E-state index contributed by atoms with van der Waals surface area (Å²) in [6, 6.07) is 16.4. The fourth-order valence-electron chi connectivity index (χ4n) is 2.76. The van der Waals surface area contributed by atoms with Gasteiger partial charge in [0.05, 0.1) is 33.2 Å². The van der Waals surface area contributed by atoms with Crippen LogP contribution in [0.4, 0.5) is 17.1 Å². The smallest absolute Gasteiger partial charge is 0.175 e. The van der Waals surface area contributed by atoms with Crippen molar-refractivity contribution in [3.05, 3.63) is 53.0 Å². The van der Waals surface area contributed by atoms with Crippen molar-refractivity contribution in [1.29, 1.82) is 0 Å². The van der Waals surface area contributed by atoms with Gasteiger partial charge in [-0.2, -0.15) is 0 Å². The van der Waals surface area contributed by atoms with Gasteiger partial charge >= 0.3 is 0 Å². The number of thiocarbonyl (C=S) groups is 1. The van der Waals surface area contributed by atoms with E-state index in [9.17, 15) is 0 Å². The average molecular weight is 406 g/mol. The van der Waals surface area contributed by atoms with Gasteiger partial charge in [0, 0.05) is 21.5 Å². The lowest BCUT2D eigenvalue weighted by Gasteiger charge is -2.31. The molecule has 1 saturated heterocycles. The first-order valence-corrected chi connectivity index (χ1v) is 9.30. The Morgan fingerprint density at radius 1 is 1.04 bits per heavy atom. The van der Waals surface area contributed by atoms with E-state index in [2.05, 4.69) is 62.8 Å². The van der Waals surface area contributed by atoms with Gasteiger partial charge in [0.2, 0.25) is 0 Å². The Morgan fingerprint density at radius 3 is 2.38 bits per heavy atom. The van der Waals surface area contributed by atoms with Gasteiger partial charge in [-0.15, -0.1) is 0 Å². The maximum absolute atomic E-state index is 5.38. The fraction of sp³-hybridized carbons (Fsp3) is 0.278. The molecule has 1 aliphatic heterocycles. The number of nitrogens with zero attached hydrogens (tertiary/aromatic N) is 1. The molecule has 0 spiro atoms. The molecule has 0 aromatic heterocycles. The summed E-state index contributed by atoms with van der Waals surface area (Å²) in [7, 11) is 2.25. The molecule has 1 heterocycles. The summed E-state index contributed by atoms with van der Waals surface area (Å²) in [5, 5.41) is 7.01. The summed E-state index contributed by atoms with van der Waals surface area (Å²) in [6.07, 6.45) is 0. The predicted molar refractivity (Wildman–Crippen MR) is 109 cm³/mol. The highest BCUT2D eigenvalue weighted by atomic mass is 79.9. The number of nitrogens with one attached hydrogen (secondary N) is 3. The fourth-order valence-corrected chi connectivity index (χ4v) is 3.40. The average Bonchev–Trinajstić information content (AvgIpc) is 2.56. The van der Waals surface area contributed by atoms with Crippen LogP contribution in [0.1, 0.15) is 0 Å². The number of rotatable bonds is 3. The molecule has 1 aliphatic rings. The van der Waals surface area contributed by atoms with E-state index in [0.29, 0.717) is 5.11 Å². The second-order valence-electron chi connectivity index (χ2n) is 6.08. The van der Waals surface area contributed by atoms with E-state index >= 15 is 0 Å². The van der Waals surface area contributed by atoms with E-state index in [1.165, 1.54) is 18.8 Å². The zero-order valence-electron chi connectivity index (χ0n) is 13.7. The highest BCUT2D eigenvalue weighted by Gasteiger charge is 2.16. The van der Waals surface area contributed by atoms with Crippen LogP contribution in [0.25, 0.3) is 0 Å². The van der Waals surface area contributed by atoms with Crippen molar-refractivity contribution in [2.24, 2.45) is 0 Å². The maximum Gasteiger partial charge on any atom is 0.175 e. The van der Waals surface area contributed by atoms with Crippen molar-refractivity contribution < 1.29 is 4.90 Å². The van der Waals surface area contributed by atoms with Gasteiger partial charge in [0.25, 0.3) is 0 Å². The van der Waals surface area contributed by atoms with Crippen LogP contribution < -0.4 is 20.4 Å². The van der Waals surface area contributed by atoms with E-state index in [4.69, 9.17) is 12.2 Å². The van der Waals surface area contributed by atoms with Crippen molar-refractivity contribution in [3.8, 4) is 0 Å². The van der Waals surface area contributed by atoms with Crippen molar-refractivity contribution in [1.82, 2.24) is 0 Å². The molecule has 0 atom stereocenters. The molecular formula is C18H22BrN4S+. The largest absolute Gasteiger partial charge is 0.360 e. The lowest BCUT2D eigenvalue weighted by molar-refractivity contribution is -0.880. The zero-order valence-corrected chi connectivity index (χ0v) is 16.1.